The second kappa shape index (κ2) is 9.51. The minimum Gasteiger partial charge on any atom is -0.495 e. The van der Waals surface area contributed by atoms with E-state index < -0.39 is 27.8 Å². The summed E-state index contributed by atoms with van der Waals surface area (Å²) >= 11 is 0. The zero-order chi connectivity index (χ0) is 21.6. The number of halogens is 1. The highest BCUT2D eigenvalue weighted by Crippen LogP contribution is 2.23. The van der Waals surface area contributed by atoms with Gasteiger partial charge in [0, 0.05) is 0 Å². The van der Waals surface area contributed by atoms with E-state index in [9.17, 15) is 17.6 Å². The summed E-state index contributed by atoms with van der Waals surface area (Å²) in [6, 6.07) is 19.2. The summed E-state index contributed by atoms with van der Waals surface area (Å²) in [4.78, 5) is 12.9. The van der Waals surface area contributed by atoms with E-state index in [1.807, 2.05) is 6.07 Å². The van der Waals surface area contributed by atoms with Crippen molar-refractivity contribution >= 4 is 21.6 Å². The van der Waals surface area contributed by atoms with Crippen LogP contribution in [0, 0.1) is 5.82 Å². The Morgan fingerprint density at radius 2 is 1.60 bits per heavy atom. The summed E-state index contributed by atoms with van der Waals surface area (Å²) in [5.41, 5.74) is 1.20. The van der Waals surface area contributed by atoms with Crippen molar-refractivity contribution in [2.24, 2.45) is 0 Å². The zero-order valence-corrected chi connectivity index (χ0v) is 17.0. The molecule has 0 saturated heterocycles. The van der Waals surface area contributed by atoms with Crippen molar-refractivity contribution in [1.82, 2.24) is 4.72 Å². The van der Waals surface area contributed by atoms with Crippen LogP contribution in [0.3, 0.4) is 0 Å². The summed E-state index contributed by atoms with van der Waals surface area (Å²) in [7, 11) is -2.58. The van der Waals surface area contributed by atoms with Crippen LogP contribution in [0.1, 0.15) is 5.56 Å². The molecular formula is C22H21FN2O4S. The molecule has 8 heteroatoms. The number of sulfonamides is 1. The van der Waals surface area contributed by atoms with E-state index in [1.54, 1.807) is 48.5 Å². The number of rotatable bonds is 8. The fraction of sp³-hybridized carbons (Fsp3) is 0.136. The average molecular weight is 428 g/mol. The molecule has 0 fully saturated rings. The number of carbonyl (C=O) groups is 1. The molecule has 0 aliphatic heterocycles. The third kappa shape index (κ3) is 5.43. The lowest BCUT2D eigenvalue weighted by atomic mass is 10.1. The molecule has 3 rings (SSSR count). The van der Waals surface area contributed by atoms with Gasteiger partial charge in [-0.25, -0.2) is 12.8 Å². The van der Waals surface area contributed by atoms with Crippen LogP contribution in [0.25, 0.3) is 0 Å². The van der Waals surface area contributed by atoms with Crippen LogP contribution in [-0.2, 0) is 21.2 Å². The number of hydrogen-bond acceptors (Lipinski definition) is 4. The van der Waals surface area contributed by atoms with Gasteiger partial charge < -0.3 is 10.1 Å². The maximum absolute atomic E-state index is 13.2. The van der Waals surface area contributed by atoms with Crippen LogP contribution < -0.4 is 14.8 Å². The standard InChI is InChI=1S/C22H21FN2O4S/c1-29-21-10-6-5-9-19(21)24-22(26)20(15-16-7-3-2-4-8-16)25-30(27,28)18-13-11-17(23)12-14-18/h2-14,20,25H,15H2,1H3,(H,24,26)/t20-/m1/s1. The van der Waals surface area contributed by atoms with Crippen molar-refractivity contribution in [1.29, 1.82) is 0 Å². The molecular weight excluding hydrogens is 407 g/mol. The molecule has 1 atom stereocenters. The fourth-order valence-electron chi connectivity index (χ4n) is 2.87. The van der Waals surface area contributed by atoms with Gasteiger partial charge >= 0.3 is 0 Å². The van der Waals surface area contributed by atoms with Crippen LogP contribution in [0.2, 0.25) is 0 Å². The maximum Gasteiger partial charge on any atom is 0.243 e. The summed E-state index contributed by atoms with van der Waals surface area (Å²) in [6.07, 6.45) is 0.127. The van der Waals surface area contributed by atoms with E-state index in [4.69, 9.17) is 4.74 Å². The molecule has 0 heterocycles. The third-order valence-electron chi connectivity index (χ3n) is 4.39. The van der Waals surface area contributed by atoms with Gasteiger partial charge in [-0.15, -0.1) is 0 Å². The predicted molar refractivity (Wildman–Crippen MR) is 112 cm³/mol. The Hall–Kier alpha value is -3.23. The van der Waals surface area contributed by atoms with E-state index in [0.717, 1.165) is 29.8 Å². The van der Waals surface area contributed by atoms with Crippen LogP contribution in [0.15, 0.2) is 83.8 Å². The second-order valence-electron chi connectivity index (χ2n) is 6.51. The normalized spacial score (nSPS) is 12.2. The summed E-state index contributed by atoms with van der Waals surface area (Å²) in [5, 5.41) is 2.71. The van der Waals surface area contributed by atoms with Gasteiger partial charge in [-0.1, -0.05) is 42.5 Å². The first-order chi connectivity index (χ1) is 14.4. The molecule has 0 unspecified atom stereocenters. The molecule has 30 heavy (non-hydrogen) atoms. The van der Waals surface area contributed by atoms with E-state index in [-0.39, 0.29) is 11.3 Å². The van der Waals surface area contributed by atoms with Gasteiger partial charge in [0.25, 0.3) is 0 Å². The molecule has 0 aromatic heterocycles. The smallest absolute Gasteiger partial charge is 0.243 e. The van der Waals surface area contributed by atoms with Gasteiger partial charge in [-0.2, -0.15) is 4.72 Å². The first-order valence-electron chi connectivity index (χ1n) is 9.15. The molecule has 0 aliphatic rings. The molecule has 3 aromatic carbocycles. The van der Waals surface area contributed by atoms with Crippen LogP contribution >= 0.6 is 0 Å². The lowest BCUT2D eigenvalue weighted by Gasteiger charge is -2.19. The molecule has 0 saturated carbocycles. The Morgan fingerprint density at radius 3 is 2.27 bits per heavy atom. The highest BCUT2D eigenvalue weighted by Gasteiger charge is 2.27. The highest BCUT2D eigenvalue weighted by atomic mass is 32.2. The van der Waals surface area contributed by atoms with Crippen molar-refractivity contribution in [3.05, 3.63) is 90.2 Å². The van der Waals surface area contributed by atoms with Gasteiger partial charge in [0.2, 0.25) is 15.9 Å². The van der Waals surface area contributed by atoms with Crippen LogP contribution in [0.5, 0.6) is 5.75 Å². The fourth-order valence-corrected chi connectivity index (χ4v) is 4.07. The molecule has 0 spiro atoms. The Kier molecular flexibility index (Phi) is 6.81. The first kappa shape index (κ1) is 21.5. The summed E-state index contributed by atoms with van der Waals surface area (Å²) < 4.78 is 46.4. The summed E-state index contributed by atoms with van der Waals surface area (Å²) in [5.74, 6) is -0.650. The molecule has 6 nitrogen and oxygen atoms in total. The lowest BCUT2D eigenvalue weighted by Crippen LogP contribution is -2.45. The largest absolute Gasteiger partial charge is 0.495 e. The number of methoxy groups -OCH3 is 1. The van der Waals surface area contributed by atoms with Gasteiger partial charge in [-0.05, 0) is 48.4 Å². The average Bonchev–Trinajstić information content (AvgIpc) is 2.74. The molecule has 1 amide bonds. The van der Waals surface area contributed by atoms with Crippen molar-refractivity contribution in [2.45, 2.75) is 17.4 Å². The molecule has 156 valence electrons. The first-order valence-corrected chi connectivity index (χ1v) is 10.6. The number of nitrogens with one attached hydrogen (secondary N) is 2. The van der Waals surface area contributed by atoms with Crippen LogP contribution in [0.4, 0.5) is 10.1 Å². The van der Waals surface area contributed by atoms with E-state index in [0.29, 0.717) is 11.4 Å². The van der Waals surface area contributed by atoms with E-state index in [2.05, 4.69) is 10.0 Å². The quantitative estimate of drug-likeness (QED) is 0.576. The van der Waals surface area contributed by atoms with E-state index in [1.165, 1.54) is 7.11 Å². The number of benzene rings is 3. The van der Waals surface area contributed by atoms with Gasteiger partial charge in [-0.3, -0.25) is 4.79 Å². The van der Waals surface area contributed by atoms with Gasteiger partial charge in [0.15, 0.2) is 0 Å². The van der Waals surface area contributed by atoms with Crippen molar-refractivity contribution in [3.63, 3.8) is 0 Å². The topological polar surface area (TPSA) is 84.5 Å². The number of amides is 1. The van der Waals surface area contributed by atoms with Gasteiger partial charge in [0.1, 0.15) is 17.6 Å². The number of para-hydroxylation sites is 2. The maximum atomic E-state index is 13.2. The Balaban J connectivity index is 1.88. The predicted octanol–water partition coefficient (Wildman–Crippen LogP) is 3.36. The van der Waals surface area contributed by atoms with Crippen molar-refractivity contribution in [2.75, 3.05) is 12.4 Å². The number of carbonyl (C=O) groups excluding carboxylic acids is 1. The van der Waals surface area contributed by atoms with Crippen LogP contribution in [-0.4, -0.2) is 27.5 Å². The monoisotopic (exact) mass is 428 g/mol. The van der Waals surface area contributed by atoms with Gasteiger partial charge in [0.05, 0.1) is 17.7 Å². The number of anilines is 1. The van der Waals surface area contributed by atoms with Crippen molar-refractivity contribution in [3.8, 4) is 5.75 Å². The molecule has 2 N–H and O–H groups in total. The number of hydrogen-bond donors (Lipinski definition) is 2. The minimum absolute atomic E-state index is 0.127. The third-order valence-corrected chi connectivity index (χ3v) is 5.87. The molecule has 0 aliphatic carbocycles. The lowest BCUT2D eigenvalue weighted by molar-refractivity contribution is -0.117. The molecule has 3 aromatic rings. The highest BCUT2D eigenvalue weighted by molar-refractivity contribution is 7.89. The molecule has 0 bridgehead atoms. The second-order valence-corrected chi connectivity index (χ2v) is 8.22. The SMILES string of the molecule is COc1ccccc1NC(=O)[C@@H](Cc1ccccc1)NS(=O)(=O)c1ccc(F)cc1. The molecule has 0 radical (unpaired) electrons. The van der Waals surface area contributed by atoms with E-state index >= 15 is 0 Å². The number of ether oxygens (including phenoxy) is 1. The van der Waals surface area contributed by atoms with Crippen molar-refractivity contribution < 1.29 is 22.3 Å². The zero-order valence-electron chi connectivity index (χ0n) is 16.2. The minimum atomic E-state index is -4.06. The Morgan fingerprint density at radius 1 is 0.967 bits per heavy atom. The Labute approximate surface area is 174 Å². The summed E-state index contributed by atoms with van der Waals surface area (Å²) in [6.45, 7) is 0. The Bertz CT molecular complexity index is 1100.